The molecular formula is C12H15NO5S. The highest BCUT2D eigenvalue weighted by Crippen LogP contribution is 2.28. The number of anilines is 1. The predicted octanol–water partition coefficient (Wildman–Crippen LogP) is 1.89. The average molecular weight is 285 g/mol. The third kappa shape index (κ3) is 3.78. The molecule has 0 spiro atoms. The van der Waals surface area contributed by atoms with Gasteiger partial charge in [-0.2, -0.15) is 0 Å². The van der Waals surface area contributed by atoms with Gasteiger partial charge >= 0.3 is 11.9 Å². The van der Waals surface area contributed by atoms with Gasteiger partial charge in [0.1, 0.15) is 10.9 Å². The lowest BCUT2D eigenvalue weighted by atomic mass is 10.1. The summed E-state index contributed by atoms with van der Waals surface area (Å²) in [7, 11) is 0. The summed E-state index contributed by atoms with van der Waals surface area (Å²) in [5.74, 6) is -3.61. The first-order valence-electron chi connectivity index (χ1n) is 5.68. The number of nitrogens with one attached hydrogen (secondary N) is 1. The summed E-state index contributed by atoms with van der Waals surface area (Å²) in [5.41, 5.74) is 0.246. The van der Waals surface area contributed by atoms with Gasteiger partial charge in [-0.1, -0.05) is 0 Å². The summed E-state index contributed by atoms with van der Waals surface area (Å²) in [6, 6.07) is 1.60. The number of hydrogen-bond donors (Lipinski definition) is 2. The van der Waals surface area contributed by atoms with Crippen LogP contribution >= 0.6 is 11.3 Å². The Hall–Kier alpha value is -1.89. The molecule has 7 heteroatoms. The number of esters is 1. The largest absolute Gasteiger partial charge is 0.481 e. The standard InChI is InChI=1S/C12H15NO5S/c1-4-18-12(17)8-5-6(2)19-10(8)13-9(14)7(3)11(15)16/h5,7H,4H2,1-3H3,(H,13,14)(H,15,16). The first-order valence-corrected chi connectivity index (χ1v) is 6.49. The molecule has 0 bridgehead atoms. The second kappa shape index (κ2) is 6.33. The van der Waals surface area contributed by atoms with Crippen LogP contribution in [0.4, 0.5) is 5.00 Å². The van der Waals surface area contributed by atoms with E-state index in [0.717, 1.165) is 4.88 Å². The molecule has 19 heavy (non-hydrogen) atoms. The van der Waals surface area contributed by atoms with Crippen molar-refractivity contribution in [3.8, 4) is 0 Å². The Labute approximate surface area is 114 Å². The molecule has 2 N–H and O–H groups in total. The van der Waals surface area contributed by atoms with Crippen LogP contribution in [0.3, 0.4) is 0 Å². The fraction of sp³-hybridized carbons (Fsp3) is 0.417. The molecule has 1 atom stereocenters. The van der Waals surface area contributed by atoms with Crippen LogP contribution in [-0.4, -0.2) is 29.6 Å². The highest BCUT2D eigenvalue weighted by molar-refractivity contribution is 7.16. The van der Waals surface area contributed by atoms with Crippen LogP contribution in [0.15, 0.2) is 6.07 Å². The van der Waals surface area contributed by atoms with E-state index in [9.17, 15) is 14.4 Å². The van der Waals surface area contributed by atoms with Gasteiger partial charge in [0, 0.05) is 4.88 Å². The van der Waals surface area contributed by atoms with E-state index in [-0.39, 0.29) is 12.2 Å². The number of carbonyl (C=O) groups excluding carboxylic acids is 2. The van der Waals surface area contributed by atoms with Gasteiger partial charge in [-0.15, -0.1) is 11.3 Å². The number of hydrogen-bond acceptors (Lipinski definition) is 5. The van der Waals surface area contributed by atoms with Crippen LogP contribution in [0, 0.1) is 12.8 Å². The number of ether oxygens (including phenoxy) is 1. The minimum atomic E-state index is -1.22. The Bertz CT molecular complexity index is 508. The lowest BCUT2D eigenvalue weighted by Gasteiger charge is -2.08. The highest BCUT2D eigenvalue weighted by atomic mass is 32.1. The zero-order valence-corrected chi connectivity index (χ0v) is 11.7. The number of carboxylic acids is 1. The molecule has 0 aliphatic rings. The molecule has 104 valence electrons. The van der Waals surface area contributed by atoms with E-state index in [1.165, 1.54) is 18.3 Å². The van der Waals surface area contributed by atoms with E-state index in [4.69, 9.17) is 9.84 Å². The Morgan fingerprint density at radius 3 is 2.63 bits per heavy atom. The molecule has 0 radical (unpaired) electrons. The van der Waals surface area contributed by atoms with E-state index in [2.05, 4.69) is 5.32 Å². The number of carbonyl (C=O) groups is 3. The van der Waals surface area contributed by atoms with E-state index >= 15 is 0 Å². The van der Waals surface area contributed by atoms with Crippen molar-refractivity contribution in [2.45, 2.75) is 20.8 Å². The molecule has 0 aliphatic carbocycles. The third-order valence-electron chi connectivity index (χ3n) is 2.35. The van der Waals surface area contributed by atoms with Crippen LogP contribution in [0.5, 0.6) is 0 Å². The van der Waals surface area contributed by atoms with Crippen LogP contribution < -0.4 is 5.32 Å². The van der Waals surface area contributed by atoms with Crippen LogP contribution in [-0.2, 0) is 14.3 Å². The van der Waals surface area contributed by atoms with Crippen LogP contribution in [0.1, 0.15) is 29.1 Å². The lowest BCUT2D eigenvalue weighted by Crippen LogP contribution is -2.27. The predicted molar refractivity (Wildman–Crippen MR) is 70.4 cm³/mol. The number of aryl methyl sites for hydroxylation is 1. The van der Waals surface area contributed by atoms with Crippen molar-refractivity contribution >= 4 is 34.2 Å². The fourth-order valence-electron chi connectivity index (χ4n) is 1.30. The zero-order chi connectivity index (χ0) is 14.6. The summed E-state index contributed by atoms with van der Waals surface area (Å²) in [6.07, 6.45) is 0. The van der Waals surface area contributed by atoms with Gasteiger partial charge in [0.05, 0.1) is 12.2 Å². The molecule has 0 aliphatic heterocycles. The number of amides is 1. The van der Waals surface area contributed by atoms with Crippen molar-refractivity contribution < 1.29 is 24.2 Å². The maximum absolute atomic E-state index is 11.7. The van der Waals surface area contributed by atoms with Gasteiger partial charge in [0.25, 0.3) is 0 Å². The normalized spacial score (nSPS) is 11.7. The second-order valence-corrected chi connectivity index (χ2v) is 5.13. The fourth-order valence-corrected chi connectivity index (χ4v) is 2.20. The molecule has 0 saturated heterocycles. The Balaban J connectivity index is 2.92. The van der Waals surface area contributed by atoms with Gasteiger partial charge in [-0.05, 0) is 26.8 Å². The van der Waals surface area contributed by atoms with E-state index in [1.807, 2.05) is 0 Å². The summed E-state index contributed by atoms with van der Waals surface area (Å²) in [6.45, 7) is 4.97. The Morgan fingerprint density at radius 2 is 2.11 bits per heavy atom. The van der Waals surface area contributed by atoms with Gasteiger partial charge in [-0.3, -0.25) is 9.59 Å². The monoisotopic (exact) mass is 285 g/mol. The third-order valence-corrected chi connectivity index (χ3v) is 3.32. The summed E-state index contributed by atoms with van der Waals surface area (Å²) < 4.78 is 4.87. The van der Waals surface area contributed by atoms with Gasteiger partial charge in [0.2, 0.25) is 5.91 Å². The van der Waals surface area contributed by atoms with Crippen molar-refractivity contribution in [1.29, 1.82) is 0 Å². The summed E-state index contributed by atoms with van der Waals surface area (Å²) >= 11 is 1.20. The van der Waals surface area contributed by atoms with Crippen molar-refractivity contribution in [3.63, 3.8) is 0 Å². The molecule has 1 amide bonds. The van der Waals surface area contributed by atoms with E-state index in [1.54, 1.807) is 19.9 Å². The van der Waals surface area contributed by atoms with Crippen molar-refractivity contribution in [1.82, 2.24) is 0 Å². The van der Waals surface area contributed by atoms with Crippen LogP contribution in [0.25, 0.3) is 0 Å². The Morgan fingerprint density at radius 1 is 1.47 bits per heavy atom. The van der Waals surface area contributed by atoms with Crippen molar-refractivity contribution in [2.24, 2.45) is 5.92 Å². The molecule has 1 aromatic rings. The molecule has 1 heterocycles. The minimum absolute atomic E-state index is 0.229. The van der Waals surface area contributed by atoms with Crippen LogP contribution in [0.2, 0.25) is 0 Å². The zero-order valence-electron chi connectivity index (χ0n) is 10.9. The van der Waals surface area contributed by atoms with Crippen molar-refractivity contribution in [2.75, 3.05) is 11.9 Å². The first kappa shape index (κ1) is 15.2. The molecular weight excluding hydrogens is 270 g/mol. The summed E-state index contributed by atoms with van der Waals surface area (Å²) in [5, 5.41) is 11.5. The molecule has 0 aromatic carbocycles. The topological polar surface area (TPSA) is 92.7 Å². The molecule has 6 nitrogen and oxygen atoms in total. The number of rotatable bonds is 5. The van der Waals surface area contributed by atoms with Gasteiger partial charge in [-0.25, -0.2) is 4.79 Å². The average Bonchev–Trinajstić information content (AvgIpc) is 2.69. The van der Waals surface area contributed by atoms with Crippen molar-refractivity contribution in [3.05, 3.63) is 16.5 Å². The van der Waals surface area contributed by atoms with E-state index in [0.29, 0.717) is 5.00 Å². The Kier molecular flexibility index (Phi) is 5.05. The molecule has 1 unspecified atom stereocenters. The minimum Gasteiger partial charge on any atom is -0.481 e. The quantitative estimate of drug-likeness (QED) is 0.636. The maximum Gasteiger partial charge on any atom is 0.341 e. The number of thiophene rings is 1. The SMILES string of the molecule is CCOC(=O)c1cc(C)sc1NC(=O)C(C)C(=O)O. The maximum atomic E-state index is 11.7. The lowest BCUT2D eigenvalue weighted by molar-refractivity contribution is -0.144. The first-order chi connectivity index (χ1) is 8.86. The molecule has 0 saturated carbocycles. The van der Waals surface area contributed by atoms with Gasteiger partial charge < -0.3 is 15.2 Å². The van der Waals surface area contributed by atoms with E-state index < -0.39 is 23.8 Å². The smallest absolute Gasteiger partial charge is 0.341 e. The molecule has 1 rings (SSSR count). The highest BCUT2D eigenvalue weighted by Gasteiger charge is 2.24. The second-order valence-electron chi connectivity index (χ2n) is 3.87. The number of carboxylic acid groups (broad SMARTS) is 1. The van der Waals surface area contributed by atoms with Gasteiger partial charge in [0.15, 0.2) is 0 Å². The molecule has 1 aromatic heterocycles. The summed E-state index contributed by atoms with van der Waals surface area (Å²) in [4.78, 5) is 34.9. The molecule has 0 fully saturated rings. The number of aliphatic carboxylic acids is 1.